The van der Waals surface area contributed by atoms with E-state index in [1.807, 2.05) is 0 Å². The molecule has 0 aromatic heterocycles. The fraction of sp³-hybridized carbons (Fsp3) is 0.889. The van der Waals surface area contributed by atoms with Crippen LogP contribution in [0.1, 0.15) is 99.3 Å². The highest BCUT2D eigenvalue weighted by molar-refractivity contribution is 5.77. The van der Waals surface area contributed by atoms with Crippen LogP contribution in [0.25, 0.3) is 0 Å². The molecule has 7 N–H and O–H groups in total. The van der Waals surface area contributed by atoms with Crippen LogP contribution >= 0.6 is 0 Å². The van der Waals surface area contributed by atoms with Crippen LogP contribution in [-0.4, -0.2) is 90.9 Å². The highest BCUT2D eigenvalue weighted by Gasteiger charge is 2.73. The summed E-state index contributed by atoms with van der Waals surface area (Å²) in [5.41, 5.74) is -2.79. The molecular formula is C36H56O10. The van der Waals surface area contributed by atoms with Crippen molar-refractivity contribution in [2.24, 2.45) is 56.2 Å². The van der Waals surface area contributed by atoms with Crippen molar-refractivity contribution in [3.63, 3.8) is 0 Å². The molecule has 4 saturated carbocycles. The maximum Gasteiger partial charge on any atom is 0.310 e. The Hall–Kier alpha value is -1.56. The fourth-order valence-electron chi connectivity index (χ4n) is 12.9. The minimum Gasteiger partial charge on any atom is -0.481 e. The van der Waals surface area contributed by atoms with Crippen LogP contribution in [0.2, 0.25) is 0 Å². The summed E-state index contributed by atoms with van der Waals surface area (Å²) >= 11 is 0. The number of carboxylic acid groups (broad SMARTS) is 2. The maximum absolute atomic E-state index is 13.7. The summed E-state index contributed by atoms with van der Waals surface area (Å²) in [6, 6.07) is 0. The van der Waals surface area contributed by atoms with Crippen LogP contribution in [-0.2, 0) is 14.3 Å². The molecule has 0 unspecified atom stereocenters. The van der Waals surface area contributed by atoms with Gasteiger partial charge in [0.1, 0.15) is 24.4 Å². The summed E-state index contributed by atoms with van der Waals surface area (Å²) in [4.78, 5) is 26.5. The zero-order valence-electron chi connectivity index (χ0n) is 28.3. The lowest BCUT2D eigenvalue weighted by atomic mass is 9.32. The fourth-order valence-corrected chi connectivity index (χ4v) is 12.9. The molecule has 6 aliphatic rings. The first-order chi connectivity index (χ1) is 21.2. The minimum absolute atomic E-state index is 0.0190. The van der Waals surface area contributed by atoms with E-state index < -0.39 is 88.2 Å². The number of hydrogen-bond donors (Lipinski definition) is 7. The molecule has 0 amide bonds. The second kappa shape index (κ2) is 10.7. The van der Waals surface area contributed by atoms with Gasteiger partial charge >= 0.3 is 11.9 Å². The third-order valence-electron chi connectivity index (χ3n) is 15.4. The van der Waals surface area contributed by atoms with Crippen LogP contribution < -0.4 is 0 Å². The van der Waals surface area contributed by atoms with Crippen molar-refractivity contribution in [1.29, 1.82) is 0 Å². The zero-order chi connectivity index (χ0) is 34.0. The van der Waals surface area contributed by atoms with Crippen molar-refractivity contribution >= 4 is 11.9 Å². The van der Waals surface area contributed by atoms with Crippen LogP contribution in [0.3, 0.4) is 0 Å². The van der Waals surface area contributed by atoms with Gasteiger partial charge in [0.05, 0.1) is 29.6 Å². The number of aliphatic carboxylic acids is 2. The molecule has 6 rings (SSSR count). The van der Waals surface area contributed by atoms with Gasteiger partial charge in [-0.05, 0) is 104 Å². The van der Waals surface area contributed by atoms with Gasteiger partial charge in [-0.2, -0.15) is 0 Å². The lowest BCUT2D eigenvalue weighted by Gasteiger charge is -2.72. The first kappa shape index (κ1) is 34.3. The molecule has 5 fully saturated rings. The molecule has 10 heteroatoms. The van der Waals surface area contributed by atoms with Gasteiger partial charge < -0.3 is 40.5 Å². The number of ether oxygens (including phenoxy) is 1. The molecule has 1 heterocycles. The number of carboxylic acids is 2. The Kier molecular flexibility index (Phi) is 7.99. The van der Waals surface area contributed by atoms with Gasteiger partial charge in [-0.25, -0.2) is 0 Å². The quantitative estimate of drug-likeness (QED) is 0.223. The number of aliphatic hydroxyl groups excluding tert-OH is 5. The molecule has 10 nitrogen and oxygen atoms in total. The van der Waals surface area contributed by atoms with Crippen molar-refractivity contribution < 1.29 is 50.1 Å². The van der Waals surface area contributed by atoms with E-state index in [1.54, 1.807) is 6.92 Å². The standard InChI is InChI=1S/C36H56O10/c1-31(2)11-12-36(30(44)45)20(15-31)19-7-8-24-32(3)13-18(38)14-33(4,29(42)43)23(32)9-10-34(24,5)35(19,6)16-21(36)28-27(41)26(40)25(39)22(17-37)46-28/h7,18,20-28,37-41H,8-17H2,1-6H3,(H,42,43)(H,44,45)/t18-,20-,21-,22+,23-,24-,25+,26-,27+,28-,32-,33+,34+,35+,36+/m0/s1. The lowest BCUT2D eigenvalue weighted by molar-refractivity contribution is -0.270. The Morgan fingerprint density at radius 3 is 2.11 bits per heavy atom. The molecule has 15 atom stereocenters. The molecule has 0 aromatic carbocycles. The van der Waals surface area contributed by atoms with E-state index in [2.05, 4.69) is 40.7 Å². The normalized spacial score (nSPS) is 54.7. The molecule has 260 valence electrons. The predicted molar refractivity (Wildman–Crippen MR) is 167 cm³/mol. The molecular weight excluding hydrogens is 592 g/mol. The first-order valence-electron chi connectivity index (χ1n) is 17.4. The van der Waals surface area contributed by atoms with Crippen LogP contribution in [0.5, 0.6) is 0 Å². The molecule has 46 heavy (non-hydrogen) atoms. The minimum atomic E-state index is -1.61. The molecule has 1 saturated heterocycles. The van der Waals surface area contributed by atoms with Crippen molar-refractivity contribution in [1.82, 2.24) is 0 Å². The van der Waals surface area contributed by atoms with Crippen LogP contribution in [0.4, 0.5) is 0 Å². The summed E-state index contributed by atoms with van der Waals surface area (Å²) in [5.74, 6) is -3.04. The zero-order valence-corrected chi connectivity index (χ0v) is 28.3. The second-order valence-electron chi connectivity index (χ2n) is 17.9. The van der Waals surface area contributed by atoms with E-state index >= 15 is 0 Å². The summed E-state index contributed by atoms with van der Waals surface area (Å²) in [6.45, 7) is 12.2. The van der Waals surface area contributed by atoms with Gasteiger partial charge in [0, 0.05) is 5.92 Å². The highest BCUT2D eigenvalue weighted by Crippen LogP contribution is 2.77. The van der Waals surface area contributed by atoms with Crippen molar-refractivity contribution in [3.8, 4) is 0 Å². The average Bonchev–Trinajstić information content (AvgIpc) is 2.95. The number of aliphatic hydroxyl groups is 5. The maximum atomic E-state index is 13.7. The van der Waals surface area contributed by atoms with E-state index in [9.17, 15) is 45.3 Å². The van der Waals surface area contributed by atoms with Gasteiger partial charge in [0.2, 0.25) is 0 Å². The SMILES string of the molecule is CC1(C)CC[C@@]2(C(=O)O)[C@@H](C1)C1=CC[C@H]3[C@@]4(C)C[C@H](O)C[C@@](C)(C(=O)O)[C@H]4CC[C@@]3(C)[C@]1(C)C[C@H]2[C@@H]1O[C@H](CO)[C@@H](O)[C@H](O)[C@H]1O. The van der Waals surface area contributed by atoms with E-state index in [-0.39, 0.29) is 29.6 Å². The van der Waals surface area contributed by atoms with E-state index in [4.69, 9.17) is 4.74 Å². The largest absolute Gasteiger partial charge is 0.481 e. The lowest BCUT2D eigenvalue weighted by Crippen LogP contribution is -2.70. The monoisotopic (exact) mass is 648 g/mol. The van der Waals surface area contributed by atoms with E-state index in [1.165, 1.54) is 0 Å². The molecule has 0 spiro atoms. The van der Waals surface area contributed by atoms with Crippen LogP contribution in [0.15, 0.2) is 11.6 Å². The Bertz CT molecular complexity index is 1300. The molecule has 1 aliphatic heterocycles. The van der Waals surface area contributed by atoms with Crippen molar-refractivity contribution in [2.45, 2.75) is 136 Å². The second-order valence-corrected chi connectivity index (χ2v) is 17.9. The number of hydrogen-bond acceptors (Lipinski definition) is 8. The third kappa shape index (κ3) is 4.35. The summed E-state index contributed by atoms with van der Waals surface area (Å²) < 4.78 is 6.22. The summed E-state index contributed by atoms with van der Waals surface area (Å²) in [7, 11) is 0. The van der Waals surface area contributed by atoms with Gasteiger partial charge in [-0.15, -0.1) is 0 Å². The number of rotatable bonds is 4. The first-order valence-corrected chi connectivity index (χ1v) is 17.4. The Balaban J connectivity index is 1.52. The van der Waals surface area contributed by atoms with Crippen molar-refractivity contribution in [3.05, 3.63) is 11.6 Å². The van der Waals surface area contributed by atoms with E-state index in [0.29, 0.717) is 44.9 Å². The number of fused-ring (bicyclic) bond motifs is 7. The Morgan fingerprint density at radius 2 is 1.50 bits per heavy atom. The summed E-state index contributed by atoms with van der Waals surface area (Å²) in [6.07, 6.45) is -0.604. The smallest absolute Gasteiger partial charge is 0.310 e. The van der Waals surface area contributed by atoms with Gasteiger partial charge in [0.25, 0.3) is 0 Å². The van der Waals surface area contributed by atoms with Gasteiger partial charge in [-0.3, -0.25) is 9.59 Å². The molecule has 5 aliphatic carbocycles. The van der Waals surface area contributed by atoms with Gasteiger partial charge in [-0.1, -0.05) is 46.3 Å². The van der Waals surface area contributed by atoms with Crippen LogP contribution in [0, 0.1) is 56.2 Å². The summed E-state index contributed by atoms with van der Waals surface area (Å²) in [5, 5.41) is 75.9. The average molecular weight is 649 g/mol. The topological polar surface area (TPSA) is 185 Å². The number of carbonyl (C=O) groups is 2. The van der Waals surface area contributed by atoms with Crippen molar-refractivity contribution in [2.75, 3.05) is 6.61 Å². The van der Waals surface area contributed by atoms with E-state index in [0.717, 1.165) is 12.0 Å². The Labute approximate surface area is 272 Å². The highest BCUT2D eigenvalue weighted by atomic mass is 16.5. The molecule has 0 bridgehead atoms. The number of allylic oxidation sites excluding steroid dienone is 2. The third-order valence-corrected chi connectivity index (χ3v) is 15.4. The predicted octanol–water partition coefficient (Wildman–Crippen LogP) is 3.37. The van der Waals surface area contributed by atoms with Gasteiger partial charge in [0.15, 0.2) is 0 Å². The molecule has 0 aromatic rings. The molecule has 0 radical (unpaired) electrons. The Morgan fingerprint density at radius 1 is 0.826 bits per heavy atom.